The topological polar surface area (TPSA) is 38.5 Å². The molecule has 0 spiro atoms. The summed E-state index contributed by atoms with van der Waals surface area (Å²) < 4.78 is 5.72. The summed E-state index contributed by atoms with van der Waals surface area (Å²) in [5, 5.41) is 0. The summed E-state index contributed by atoms with van der Waals surface area (Å²) in [5.74, 6) is 0. The van der Waals surface area contributed by atoms with E-state index in [4.69, 9.17) is 10.5 Å². The first-order chi connectivity index (χ1) is 9.72. The number of aryl methyl sites for hydroxylation is 2. The number of hydrogen-bond donors (Lipinski definition) is 1. The maximum Gasteiger partial charge on any atom is 0.0551 e. The molecule has 1 saturated heterocycles. The van der Waals surface area contributed by atoms with E-state index in [-0.39, 0.29) is 5.41 Å². The summed E-state index contributed by atoms with van der Waals surface area (Å²) in [4.78, 5) is 2.54. The van der Waals surface area contributed by atoms with Gasteiger partial charge in [-0.05, 0) is 44.2 Å². The van der Waals surface area contributed by atoms with E-state index in [0.717, 1.165) is 39.3 Å². The van der Waals surface area contributed by atoms with Crippen LogP contribution < -0.4 is 10.6 Å². The minimum atomic E-state index is 0.151. The zero-order chi connectivity index (χ0) is 14.0. The third-order valence-electron chi connectivity index (χ3n) is 4.81. The van der Waals surface area contributed by atoms with Gasteiger partial charge in [0.25, 0.3) is 0 Å². The Labute approximate surface area is 122 Å². The van der Waals surface area contributed by atoms with Crippen molar-refractivity contribution in [3.05, 3.63) is 29.3 Å². The van der Waals surface area contributed by atoms with Gasteiger partial charge in [-0.15, -0.1) is 0 Å². The largest absolute Gasteiger partial charge is 0.381 e. The van der Waals surface area contributed by atoms with Crippen LogP contribution in [0.2, 0.25) is 0 Å². The van der Waals surface area contributed by atoms with Crippen molar-refractivity contribution in [1.82, 2.24) is 0 Å². The Morgan fingerprint density at radius 1 is 1.35 bits per heavy atom. The van der Waals surface area contributed by atoms with E-state index in [1.165, 1.54) is 36.1 Å². The second-order valence-electron chi connectivity index (χ2n) is 6.52. The summed E-state index contributed by atoms with van der Waals surface area (Å²) >= 11 is 0. The van der Waals surface area contributed by atoms with Crippen LogP contribution in [0, 0.1) is 12.3 Å². The highest BCUT2D eigenvalue weighted by Gasteiger charge is 2.34. The number of rotatable bonds is 3. The van der Waals surface area contributed by atoms with Crippen LogP contribution in [0.4, 0.5) is 5.69 Å². The van der Waals surface area contributed by atoms with Crippen molar-refractivity contribution >= 4 is 5.69 Å². The van der Waals surface area contributed by atoms with Gasteiger partial charge in [-0.25, -0.2) is 0 Å². The lowest BCUT2D eigenvalue weighted by Crippen LogP contribution is -2.49. The normalized spacial score (nSPS) is 26.4. The summed E-state index contributed by atoms with van der Waals surface area (Å²) in [6, 6.07) is 6.86. The molecule has 0 radical (unpaired) electrons. The van der Waals surface area contributed by atoms with Crippen LogP contribution in [-0.2, 0) is 11.2 Å². The van der Waals surface area contributed by atoms with Crippen molar-refractivity contribution in [2.45, 2.75) is 32.6 Å². The lowest BCUT2D eigenvalue weighted by atomic mass is 9.81. The second kappa shape index (κ2) is 5.74. The van der Waals surface area contributed by atoms with Crippen molar-refractivity contribution in [3.8, 4) is 0 Å². The smallest absolute Gasteiger partial charge is 0.0551 e. The fraction of sp³-hybridized carbons (Fsp3) is 0.647. The van der Waals surface area contributed by atoms with Crippen LogP contribution in [0.25, 0.3) is 0 Å². The number of hydrogen-bond acceptors (Lipinski definition) is 3. The first-order valence-electron chi connectivity index (χ1n) is 7.85. The molecule has 0 saturated carbocycles. The molecule has 2 aliphatic rings. The average Bonchev–Trinajstić information content (AvgIpc) is 2.48. The van der Waals surface area contributed by atoms with E-state index in [1.54, 1.807) is 0 Å². The SMILES string of the molecule is Cc1ccc2c(c1)CCCN2CC1(CN)CCCOC1. The molecule has 3 nitrogen and oxygen atoms in total. The van der Waals surface area contributed by atoms with Crippen LogP contribution in [-0.4, -0.2) is 32.8 Å². The Bertz CT molecular complexity index is 466. The molecule has 0 aromatic heterocycles. The molecule has 3 rings (SSSR count). The van der Waals surface area contributed by atoms with Crippen LogP contribution in [0.5, 0.6) is 0 Å². The lowest BCUT2D eigenvalue weighted by molar-refractivity contribution is 0.00106. The fourth-order valence-electron chi connectivity index (χ4n) is 3.63. The van der Waals surface area contributed by atoms with Crippen LogP contribution in [0.1, 0.15) is 30.4 Å². The quantitative estimate of drug-likeness (QED) is 0.920. The van der Waals surface area contributed by atoms with Crippen molar-refractivity contribution in [3.63, 3.8) is 0 Å². The van der Waals surface area contributed by atoms with E-state index in [9.17, 15) is 0 Å². The van der Waals surface area contributed by atoms with Crippen molar-refractivity contribution in [1.29, 1.82) is 0 Å². The first-order valence-corrected chi connectivity index (χ1v) is 7.85. The molecule has 1 aromatic rings. The summed E-state index contributed by atoms with van der Waals surface area (Å²) in [5.41, 5.74) is 10.5. The highest BCUT2D eigenvalue weighted by Crippen LogP contribution is 2.34. The lowest BCUT2D eigenvalue weighted by Gasteiger charge is -2.42. The molecule has 3 heteroatoms. The van der Waals surface area contributed by atoms with E-state index < -0.39 is 0 Å². The third kappa shape index (κ3) is 2.70. The predicted octanol–water partition coefficient (Wildman–Crippen LogP) is 2.50. The van der Waals surface area contributed by atoms with Gasteiger partial charge in [0.05, 0.1) is 6.61 Å². The maximum atomic E-state index is 6.09. The molecule has 2 N–H and O–H groups in total. The third-order valence-corrected chi connectivity index (χ3v) is 4.81. The van der Waals surface area contributed by atoms with Crippen LogP contribution in [0.3, 0.4) is 0 Å². The van der Waals surface area contributed by atoms with Gasteiger partial charge in [-0.3, -0.25) is 0 Å². The summed E-state index contributed by atoms with van der Waals surface area (Å²) in [7, 11) is 0. The molecule has 1 fully saturated rings. The monoisotopic (exact) mass is 274 g/mol. The zero-order valence-electron chi connectivity index (χ0n) is 12.5. The fourth-order valence-corrected chi connectivity index (χ4v) is 3.63. The highest BCUT2D eigenvalue weighted by molar-refractivity contribution is 5.57. The Hall–Kier alpha value is -1.06. The minimum absolute atomic E-state index is 0.151. The number of fused-ring (bicyclic) bond motifs is 1. The Morgan fingerprint density at radius 2 is 2.25 bits per heavy atom. The van der Waals surface area contributed by atoms with Gasteiger partial charge in [0, 0.05) is 37.3 Å². The number of nitrogens with zero attached hydrogens (tertiary/aromatic N) is 1. The van der Waals surface area contributed by atoms with Crippen molar-refractivity contribution in [2.75, 3.05) is 37.7 Å². The summed E-state index contributed by atoms with van der Waals surface area (Å²) in [6.07, 6.45) is 4.80. The predicted molar refractivity (Wildman–Crippen MR) is 83.3 cm³/mol. The minimum Gasteiger partial charge on any atom is -0.381 e. The van der Waals surface area contributed by atoms with Gasteiger partial charge in [0.15, 0.2) is 0 Å². The highest BCUT2D eigenvalue weighted by atomic mass is 16.5. The molecule has 1 unspecified atom stereocenters. The van der Waals surface area contributed by atoms with Crippen molar-refractivity contribution in [2.24, 2.45) is 11.1 Å². The maximum absolute atomic E-state index is 6.09. The molecule has 0 aliphatic carbocycles. The number of ether oxygens (including phenoxy) is 1. The number of benzene rings is 1. The second-order valence-corrected chi connectivity index (χ2v) is 6.52. The van der Waals surface area contributed by atoms with Gasteiger partial charge in [-0.2, -0.15) is 0 Å². The number of anilines is 1. The van der Waals surface area contributed by atoms with Gasteiger partial charge in [0.1, 0.15) is 0 Å². The molecule has 0 bridgehead atoms. The molecule has 2 heterocycles. The first kappa shape index (κ1) is 13.9. The molecule has 110 valence electrons. The van der Waals surface area contributed by atoms with E-state index in [1.807, 2.05) is 0 Å². The molecule has 1 atom stereocenters. The molecular formula is C17H26N2O. The Kier molecular flexibility index (Phi) is 3.99. The Morgan fingerprint density at radius 3 is 3.00 bits per heavy atom. The molecule has 2 aliphatic heterocycles. The molecule has 0 amide bonds. The molecule has 1 aromatic carbocycles. The van der Waals surface area contributed by atoms with E-state index in [2.05, 4.69) is 30.0 Å². The number of nitrogens with two attached hydrogens (primary N) is 1. The Balaban J connectivity index is 1.81. The van der Waals surface area contributed by atoms with Gasteiger partial charge in [-0.1, -0.05) is 17.7 Å². The zero-order valence-corrected chi connectivity index (χ0v) is 12.5. The standard InChI is InChI=1S/C17H26N2O/c1-14-5-6-16-15(10-14)4-2-8-19(16)12-17(11-18)7-3-9-20-13-17/h5-6,10H,2-4,7-9,11-13,18H2,1H3. The van der Waals surface area contributed by atoms with Gasteiger partial charge in [0.2, 0.25) is 0 Å². The molecular weight excluding hydrogens is 248 g/mol. The van der Waals surface area contributed by atoms with Gasteiger partial charge >= 0.3 is 0 Å². The molecule has 20 heavy (non-hydrogen) atoms. The van der Waals surface area contributed by atoms with Crippen LogP contribution in [0.15, 0.2) is 18.2 Å². The van der Waals surface area contributed by atoms with Crippen LogP contribution >= 0.6 is 0 Å². The summed E-state index contributed by atoms with van der Waals surface area (Å²) in [6.45, 7) is 6.82. The van der Waals surface area contributed by atoms with Gasteiger partial charge < -0.3 is 15.4 Å². The average molecular weight is 274 g/mol. The van der Waals surface area contributed by atoms with E-state index in [0.29, 0.717) is 0 Å². The van der Waals surface area contributed by atoms with E-state index >= 15 is 0 Å². The van der Waals surface area contributed by atoms with Crippen molar-refractivity contribution < 1.29 is 4.74 Å².